The topological polar surface area (TPSA) is 70.2 Å². The molecule has 0 radical (unpaired) electrons. The third-order valence-corrected chi connectivity index (χ3v) is 4.29. The predicted octanol–water partition coefficient (Wildman–Crippen LogP) is 2.84. The number of nitrogens with one attached hydrogen (secondary N) is 3. The lowest BCUT2D eigenvalue weighted by Gasteiger charge is -2.22. The van der Waals surface area contributed by atoms with E-state index in [1.165, 1.54) is 0 Å². The van der Waals surface area contributed by atoms with Gasteiger partial charge in [-0.1, -0.05) is 11.6 Å². The first-order valence-corrected chi connectivity index (χ1v) is 8.00. The highest BCUT2D eigenvalue weighted by Gasteiger charge is 2.15. The number of anilines is 1. The van der Waals surface area contributed by atoms with Gasteiger partial charge in [0.15, 0.2) is 0 Å². The highest BCUT2D eigenvalue weighted by molar-refractivity contribution is 6.34. The van der Waals surface area contributed by atoms with Crippen molar-refractivity contribution in [3.8, 4) is 0 Å². The smallest absolute Gasteiger partial charge is 0.252 e. The zero-order valence-corrected chi connectivity index (χ0v) is 14.7. The monoisotopic (exact) mass is 359 g/mol. The Morgan fingerprint density at radius 3 is 2.65 bits per heavy atom. The zero-order chi connectivity index (χ0) is 15.9. The summed E-state index contributed by atoms with van der Waals surface area (Å²) in [6.45, 7) is 2.08. The van der Waals surface area contributed by atoms with Crippen molar-refractivity contribution in [3.63, 3.8) is 0 Å². The van der Waals surface area contributed by atoms with Crippen LogP contribution >= 0.6 is 24.0 Å². The molecule has 0 saturated carbocycles. The summed E-state index contributed by atoms with van der Waals surface area (Å²) in [5, 5.41) is 9.05. The van der Waals surface area contributed by atoms with Crippen LogP contribution in [0.5, 0.6) is 0 Å². The van der Waals surface area contributed by atoms with Crippen LogP contribution in [0.3, 0.4) is 0 Å². The molecule has 7 heteroatoms. The lowest BCUT2D eigenvalue weighted by Crippen LogP contribution is -2.28. The van der Waals surface area contributed by atoms with E-state index in [-0.39, 0.29) is 24.2 Å². The predicted molar refractivity (Wildman–Crippen MR) is 95.5 cm³/mol. The van der Waals surface area contributed by atoms with Crippen molar-refractivity contribution < 1.29 is 9.59 Å². The fourth-order valence-electron chi connectivity index (χ4n) is 2.64. The van der Waals surface area contributed by atoms with E-state index >= 15 is 0 Å². The van der Waals surface area contributed by atoms with Crippen molar-refractivity contribution >= 4 is 41.5 Å². The number of benzene rings is 1. The van der Waals surface area contributed by atoms with E-state index in [9.17, 15) is 9.59 Å². The largest absolute Gasteiger partial charge is 0.355 e. The molecular weight excluding hydrogens is 337 g/mol. The van der Waals surface area contributed by atoms with E-state index in [1.807, 2.05) is 0 Å². The van der Waals surface area contributed by atoms with Crippen LogP contribution in [0.1, 0.15) is 36.0 Å². The van der Waals surface area contributed by atoms with Gasteiger partial charge in [0.25, 0.3) is 5.91 Å². The summed E-state index contributed by atoms with van der Waals surface area (Å²) in [5.41, 5.74) is 0.957. The molecule has 0 atom stereocenters. The van der Waals surface area contributed by atoms with Crippen LogP contribution in [0.4, 0.5) is 5.69 Å². The molecular formula is C16H23Cl2N3O2. The molecule has 1 aromatic carbocycles. The third kappa shape index (κ3) is 6.01. The highest BCUT2D eigenvalue weighted by Crippen LogP contribution is 2.22. The highest BCUT2D eigenvalue weighted by atomic mass is 35.5. The summed E-state index contributed by atoms with van der Waals surface area (Å²) in [6.07, 6.45) is 3.68. The minimum absolute atomic E-state index is 0. The van der Waals surface area contributed by atoms with Gasteiger partial charge in [-0.3, -0.25) is 9.59 Å². The zero-order valence-electron chi connectivity index (χ0n) is 13.2. The number of piperidine rings is 1. The Morgan fingerprint density at radius 2 is 2.00 bits per heavy atom. The van der Waals surface area contributed by atoms with Gasteiger partial charge >= 0.3 is 0 Å². The molecule has 1 aliphatic rings. The molecule has 128 valence electrons. The number of hydrogen-bond donors (Lipinski definition) is 3. The van der Waals surface area contributed by atoms with Gasteiger partial charge in [0, 0.05) is 19.2 Å². The number of carbonyl (C=O) groups is 2. The van der Waals surface area contributed by atoms with Gasteiger partial charge in [-0.2, -0.15) is 0 Å². The summed E-state index contributed by atoms with van der Waals surface area (Å²) < 4.78 is 0. The number of rotatable bonds is 5. The van der Waals surface area contributed by atoms with Gasteiger partial charge in [0.2, 0.25) is 5.91 Å². The van der Waals surface area contributed by atoms with Crippen LogP contribution < -0.4 is 16.0 Å². The lowest BCUT2D eigenvalue weighted by molar-refractivity contribution is -0.116. The molecule has 2 amide bonds. The van der Waals surface area contributed by atoms with Crippen LogP contribution in [-0.2, 0) is 4.79 Å². The molecule has 2 rings (SSSR count). The van der Waals surface area contributed by atoms with E-state index in [0.29, 0.717) is 28.6 Å². The summed E-state index contributed by atoms with van der Waals surface area (Å²) in [7, 11) is 1.54. The number of carbonyl (C=O) groups excluding carboxylic acids is 2. The molecule has 1 fully saturated rings. The first-order valence-electron chi connectivity index (χ1n) is 7.62. The van der Waals surface area contributed by atoms with Gasteiger partial charge in [-0.25, -0.2) is 0 Å². The van der Waals surface area contributed by atoms with Gasteiger partial charge in [0.05, 0.1) is 10.6 Å². The molecule has 1 saturated heterocycles. The van der Waals surface area contributed by atoms with Crippen LogP contribution in [-0.4, -0.2) is 32.0 Å². The summed E-state index contributed by atoms with van der Waals surface area (Å²) in [6, 6.07) is 4.93. The summed E-state index contributed by atoms with van der Waals surface area (Å²) in [5.74, 6) is 0.332. The molecule has 1 aromatic rings. The molecule has 23 heavy (non-hydrogen) atoms. The van der Waals surface area contributed by atoms with Crippen molar-refractivity contribution in [3.05, 3.63) is 28.8 Å². The number of halogens is 2. The minimum Gasteiger partial charge on any atom is -0.355 e. The molecule has 0 unspecified atom stereocenters. The Morgan fingerprint density at radius 1 is 1.30 bits per heavy atom. The molecule has 1 aliphatic heterocycles. The fraction of sp³-hybridized carbons (Fsp3) is 0.500. The molecule has 0 aromatic heterocycles. The number of amides is 2. The molecule has 1 heterocycles. The van der Waals surface area contributed by atoms with Crippen molar-refractivity contribution in [1.82, 2.24) is 10.6 Å². The van der Waals surface area contributed by atoms with Crippen LogP contribution in [0.25, 0.3) is 0 Å². The van der Waals surface area contributed by atoms with Gasteiger partial charge in [0.1, 0.15) is 0 Å². The number of hydrogen-bond acceptors (Lipinski definition) is 3. The Bertz CT molecular complexity index is 546. The summed E-state index contributed by atoms with van der Waals surface area (Å²) >= 11 is 5.99. The van der Waals surface area contributed by atoms with Crippen molar-refractivity contribution in [2.24, 2.45) is 5.92 Å². The second kappa shape index (κ2) is 9.75. The van der Waals surface area contributed by atoms with Crippen LogP contribution in [0.2, 0.25) is 5.02 Å². The average Bonchev–Trinajstić information content (AvgIpc) is 2.55. The van der Waals surface area contributed by atoms with E-state index in [4.69, 9.17) is 11.6 Å². The standard InChI is InChI=1S/C16H22ClN3O2.ClH/c1-18-16(22)13-10-12(3-4-14(13)17)20-15(21)5-2-11-6-8-19-9-7-11;/h3-4,10-11,19H,2,5-9H2,1H3,(H,18,22)(H,20,21);1H. The first kappa shape index (κ1) is 19.7. The lowest BCUT2D eigenvalue weighted by atomic mass is 9.93. The maximum atomic E-state index is 12.0. The van der Waals surface area contributed by atoms with E-state index in [2.05, 4.69) is 16.0 Å². The quantitative estimate of drug-likeness (QED) is 0.756. The summed E-state index contributed by atoms with van der Waals surface area (Å²) in [4.78, 5) is 23.7. The van der Waals surface area contributed by atoms with Crippen LogP contribution in [0.15, 0.2) is 18.2 Å². The molecule has 5 nitrogen and oxygen atoms in total. The van der Waals surface area contributed by atoms with Crippen molar-refractivity contribution in [2.45, 2.75) is 25.7 Å². The maximum absolute atomic E-state index is 12.0. The molecule has 3 N–H and O–H groups in total. The Balaban J connectivity index is 0.00000264. The Kier molecular flexibility index (Phi) is 8.37. The van der Waals surface area contributed by atoms with Crippen LogP contribution in [0, 0.1) is 5.92 Å². The van der Waals surface area contributed by atoms with Crippen molar-refractivity contribution in [2.75, 3.05) is 25.5 Å². The van der Waals surface area contributed by atoms with Gasteiger partial charge in [-0.15, -0.1) is 12.4 Å². The van der Waals surface area contributed by atoms with Gasteiger partial charge < -0.3 is 16.0 Å². The van der Waals surface area contributed by atoms with Crippen molar-refractivity contribution in [1.29, 1.82) is 0 Å². The van der Waals surface area contributed by atoms with E-state index < -0.39 is 0 Å². The molecule has 0 aliphatic carbocycles. The molecule has 0 bridgehead atoms. The van der Waals surface area contributed by atoms with E-state index in [1.54, 1.807) is 25.2 Å². The van der Waals surface area contributed by atoms with E-state index in [0.717, 1.165) is 32.4 Å². The average molecular weight is 360 g/mol. The second-order valence-corrected chi connectivity index (χ2v) is 5.96. The second-order valence-electron chi connectivity index (χ2n) is 5.55. The molecule has 0 spiro atoms. The Labute approximate surface area is 148 Å². The minimum atomic E-state index is -0.268. The maximum Gasteiger partial charge on any atom is 0.252 e. The normalized spacial score (nSPS) is 14.7. The van der Waals surface area contributed by atoms with Gasteiger partial charge in [-0.05, 0) is 56.5 Å². The fourth-order valence-corrected chi connectivity index (χ4v) is 2.84. The first-order chi connectivity index (χ1) is 10.6. The Hall–Kier alpha value is -1.30. The third-order valence-electron chi connectivity index (χ3n) is 3.96. The SMILES string of the molecule is CNC(=O)c1cc(NC(=O)CCC2CCNCC2)ccc1Cl.Cl.